The molecular formula is C34H35FO6. The van der Waals surface area contributed by atoms with Crippen molar-refractivity contribution in [3.63, 3.8) is 0 Å². The van der Waals surface area contributed by atoms with E-state index in [1.54, 1.807) is 79.7 Å². The molecular weight excluding hydrogens is 523 g/mol. The number of rotatable bonds is 5. The molecule has 2 aromatic rings. The highest BCUT2D eigenvalue weighted by Gasteiger charge is 2.77. The van der Waals surface area contributed by atoms with Gasteiger partial charge in [-0.15, -0.1) is 0 Å². The monoisotopic (exact) mass is 558 g/mol. The van der Waals surface area contributed by atoms with Gasteiger partial charge in [-0.25, -0.2) is 14.0 Å². The van der Waals surface area contributed by atoms with Crippen LogP contribution in [0.3, 0.4) is 0 Å². The minimum Gasteiger partial charge on any atom is -0.451 e. The molecule has 0 saturated heterocycles. The van der Waals surface area contributed by atoms with Gasteiger partial charge in [-0.3, -0.25) is 4.79 Å². The summed E-state index contributed by atoms with van der Waals surface area (Å²) in [5.74, 6) is -2.62. The van der Waals surface area contributed by atoms with Crippen molar-refractivity contribution in [1.82, 2.24) is 0 Å². The van der Waals surface area contributed by atoms with Crippen LogP contribution in [-0.4, -0.2) is 47.3 Å². The number of hydrogen-bond donors (Lipinski definition) is 1. The lowest BCUT2D eigenvalue weighted by atomic mass is 9.59. The van der Waals surface area contributed by atoms with E-state index < -0.39 is 53.7 Å². The third kappa shape index (κ3) is 3.81. The Labute approximate surface area is 239 Å². The molecule has 41 heavy (non-hydrogen) atoms. The van der Waals surface area contributed by atoms with Crippen molar-refractivity contribution < 1.29 is 33.4 Å². The molecule has 214 valence electrons. The van der Waals surface area contributed by atoms with Crippen LogP contribution in [0, 0.1) is 34.5 Å². The largest absolute Gasteiger partial charge is 0.451 e. The first-order valence-corrected chi connectivity index (χ1v) is 14.2. The van der Waals surface area contributed by atoms with Crippen LogP contribution in [-0.2, 0) is 14.3 Å². The lowest BCUT2D eigenvalue weighted by Crippen LogP contribution is -2.66. The van der Waals surface area contributed by atoms with Gasteiger partial charge in [0.05, 0.1) is 16.5 Å². The van der Waals surface area contributed by atoms with Crippen LogP contribution in [0.4, 0.5) is 4.39 Å². The van der Waals surface area contributed by atoms with Crippen molar-refractivity contribution >= 4 is 17.7 Å². The maximum absolute atomic E-state index is 15.0. The van der Waals surface area contributed by atoms with Gasteiger partial charge in [0.1, 0.15) is 6.67 Å². The molecule has 7 heteroatoms. The van der Waals surface area contributed by atoms with Crippen LogP contribution in [0.25, 0.3) is 0 Å². The zero-order valence-electron chi connectivity index (χ0n) is 23.7. The molecule has 2 aromatic carbocycles. The Bertz CT molecular complexity index is 1460. The zero-order chi connectivity index (χ0) is 29.3. The molecule has 0 amide bonds. The minimum absolute atomic E-state index is 0.0106. The van der Waals surface area contributed by atoms with Gasteiger partial charge in [0.25, 0.3) is 0 Å². The molecule has 4 aliphatic carbocycles. The molecule has 2 fully saturated rings. The highest BCUT2D eigenvalue weighted by atomic mass is 19.1. The Morgan fingerprint density at radius 2 is 1.49 bits per heavy atom. The Balaban J connectivity index is 1.53. The molecule has 0 aliphatic heterocycles. The highest BCUT2D eigenvalue weighted by molar-refractivity contribution is 5.96. The van der Waals surface area contributed by atoms with Crippen LogP contribution in [0.2, 0.25) is 0 Å². The van der Waals surface area contributed by atoms with E-state index in [9.17, 15) is 19.5 Å². The highest BCUT2D eigenvalue weighted by Crippen LogP contribution is 2.72. The average molecular weight is 559 g/mol. The van der Waals surface area contributed by atoms with Crippen molar-refractivity contribution in [2.24, 2.45) is 34.5 Å². The number of aliphatic hydroxyl groups is 1. The number of hydrogen-bond acceptors (Lipinski definition) is 6. The standard InChI is InChI=1S/C34H35FO6/c1-19-17-33-20(2)15-25-26(32(25,3)4)24(27(33)36)16-23(18-35)29(41-31(38)22-13-9-6-10-14-22)34(33,39)28(19)40-30(37)21-11-7-5-8-12-21/h5-14,16-17,20,24-26,28-29,39H,15,18H2,1-4H3/t20-,24+,25-,26+,28+,29-,33+,34-/m1/s1. The average Bonchev–Trinajstić information content (AvgIpc) is 3.46. The number of carbonyl (C=O) groups excluding carboxylic acids is 3. The molecule has 6 rings (SSSR count). The van der Waals surface area contributed by atoms with E-state index in [4.69, 9.17) is 9.47 Å². The summed E-state index contributed by atoms with van der Waals surface area (Å²) in [6.07, 6.45) is 1.02. The van der Waals surface area contributed by atoms with Gasteiger partial charge >= 0.3 is 11.9 Å². The molecule has 1 N–H and O–H groups in total. The van der Waals surface area contributed by atoms with Crippen LogP contribution < -0.4 is 0 Å². The predicted octanol–water partition coefficient (Wildman–Crippen LogP) is 5.52. The zero-order valence-corrected chi connectivity index (χ0v) is 23.7. The number of carbonyl (C=O) groups is 3. The van der Waals surface area contributed by atoms with Gasteiger partial charge in [0, 0.05) is 11.5 Å². The van der Waals surface area contributed by atoms with E-state index >= 15 is 4.39 Å². The molecule has 0 aromatic heterocycles. The summed E-state index contributed by atoms with van der Waals surface area (Å²) in [7, 11) is 0. The van der Waals surface area contributed by atoms with E-state index in [0.29, 0.717) is 12.0 Å². The first-order valence-electron chi connectivity index (χ1n) is 14.2. The second kappa shape index (κ2) is 9.48. The predicted molar refractivity (Wildman–Crippen MR) is 150 cm³/mol. The van der Waals surface area contributed by atoms with Gasteiger partial charge in [-0.05, 0) is 66.4 Å². The number of Topliss-reactive ketones (excluding diaryl/α,β-unsaturated/α-hetero) is 1. The third-order valence-electron chi connectivity index (χ3n) is 10.3. The number of allylic oxidation sites excluding steroid dienone is 1. The van der Waals surface area contributed by atoms with E-state index in [1.807, 2.05) is 6.92 Å². The summed E-state index contributed by atoms with van der Waals surface area (Å²) in [6, 6.07) is 16.6. The molecule has 4 aliphatic rings. The molecule has 0 heterocycles. The van der Waals surface area contributed by atoms with Gasteiger partial charge in [-0.2, -0.15) is 0 Å². The Morgan fingerprint density at radius 1 is 0.951 bits per heavy atom. The van der Waals surface area contributed by atoms with E-state index in [0.717, 1.165) is 0 Å². The molecule has 8 atom stereocenters. The number of ether oxygens (including phenoxy) is 2. The van der Waals surface area contributed by atoms with Gasteiger partial charge < -0.3 is 14.6 Å². The summed E-state index contributed by atoms with van der Waals surface area (Å²) in [4.78, 5) is 41.6. The van der Waals surface area contributed by atoms with Crippen LogP contribution in [0.5, 0.6) is 0 Å². The minimum atomic E-state index is -2.27. The first-order chi connectivity index (χ1) is 19.5. The van der Waals surface area contributed by atoms with Gasteiger partial charge in [0.15, 0.2) is 23.6 Å². The molecule has 2 saturated carbocycles. The maximum Gasteiger partial charge on any atom is 0.338 e. The van der Waals surface area contributed by atoms with Gasteiger partial charge in [0.2, 0.25) is 0 Å². The molecule has 2 bridgehead atoms. The van der Waals surface area contributed by atoms with Gasteiger partial charge in [-0.1, -0.05) is 69.3 Å². The summed E-state index contributed by atoms with van der Waals surface area (Å²) >= 11 is 0. The summed E-state index contributed by atoms with van der Waals surface area (Å²) in [6.45, 7) is 6.81. The van der Waals surface area contributed by atoms with Crippen LogP contribution in [0.1, 0.15) is 54.8 Å². The van der Waals surface area contributed by atoms with Crippen molar-refractivity contribution in [1.29, 1.82) is 0 Å². The van der Waals surface area contributed by atoms with Crippen LogP contribution in [0.15, 0.2) is 84.0 Å². The van der Waals surface area contributed by atoms with Crippen molar-refractivity contribution in [2.75, 3.05) is 6.67 Å². The Kier molecular flexibility index (Phi) is 6.38. The van der Waals surface area contributed by atoms with Crippen molar-refractivity contribution in [3.8, 4) is 0 Å². The fraction of sp³-hybridized carbons (Fsp3) is 0.441. The number of benzene rings is 2. The summed E-state index contributed by atoms with van der Waals surface area (Å²) in [5, 5.41) is 13.0. The number of alkyl halides is 1. The van der Waals surface area contributed by atoms with E-state index in [2.05, 4.69) is 13.8 Å². The molecule has 0 radical (unpaired) electrons. The number of ketones is 1. The van der Waals surface area contributed by atoms with Crippen molar-refractivity contribution in [3.05, 3.63) is 95.1 Å². The lowest BCUT2D eigenvalue weighted by Gasteiger charge is -2.49. The SMILES string of the molecule is CC1=C[C@]23C(=O)[C@@H](C=C(CF)[C@@H](OC(=O)c4ccccc4)[C@]2(O)[C@H]1OC(=O)c1ccccc1)[C@H]1[C@@H](C[C@H]3C)C1(C)C. The smallest absolute Gasteiger partial charge is 0.338 e. The maximum atomic E-state index is 15.0. The second-order valence-electron chi connectivity index (χ2n) is 12.7. The molecule has 0 unspecified atom stereocenters. The Hall–Kier alpha value is -3.58. The normalized spacial score (nSPS) is 36.5. The van der Waals surface area contributed by atoms with E-state index in [1.165, 1.54) is 0 Å². The van der Waals surface area contributed by atoms with E-state index in [-0.39, 0.29) is 39.7 Å². The van der Waals surface area contributed by atoms with Crippen molar-refractivity contribution in [2.45, 2.75) is 51.9 Å². The fourth-order valence-electron chi connectivity index (χ4n) is 8.21. The molecule has 6 nitrogen and oxygen atoms in total. The molecule has 1 spiro atoms. The Morgan fingerprint density at radius 3 is 2.02 bits per heavy atom. The fourth-order valence-corrected chi connectivity index (χ4v) is 8.21. The summed E-state index contributed by atoms with van der Waals surface area (Å²) < 4.78 is 27.1. The summed E-state index contributed by atoms with van der Waals surface area (Å²) in [5.41, 5.74) is -3.01. The van der Waals surface area contributed by atoms with Crippen LogP contribution >= 0.6 is 0 Å². The topological polar surface area (TPSA) is 89.9 Å². The lowest BCUT2D eigenvalue weighted by molar-refractivity contribution is -0.191. The number of esters is 2. The second-order valence-corrected chi connectivity index (χ2v) is 12.7. The third-order valence-corrected chi connectivity index (χ3v) is 10.3. The quantitative estimate of drug-likeness (QED) is 0.384. The number of halogens is 1. The first kappa shape index (κ1) is 27.6. The number of fused-ring (bicyclic) bond motifs is 3.